The van der Waals surface area contributed by atoms with Crippen LogP contribution in [0.2, 0.25) is 0 Å². The zero-order valence-corrected chi connectivity index (χ0v) is 18.7. The summed E-state index contributed by atoms with van der Waals surface area (Å²) in [5, 5.41) is 3.02. The molecule has 0 spiro atoms. The molecule has 0 aliphatic carbocycles. The van der Waals surface area contributed by atoms with Crippen molar-refractivity contribution in [3.8, 4) is 0 Å². The Balaban J connectivity index is 1.36. The van der Waals surface area contributed by atoms with Crippen molar-refractivity contribution in [2.24, 2.45) is 10.3 Å². The van der Waals surface area contributed by atoms with Gasteiger partial charge in [0.1, 0.15) is 16.6 Å². The first-order valence-corrected chi connectivity index (χ1v) is 12.2. The van der Waals surface area contributed by atoms with Gasteiger partial charge in [-0.15, -0.1) is 4.40 Å². The van der Waals surface area contributed by atoms with E-state index in [0.717, 1.165) is 6.42 Å². The Kier molecular flexibility index (Phi) is 6.41. The summed E-state index contributed by atoms with van der Waals surface area (Å²) >= 11 is 0. The average molecular weight is 456 g/mol. The van der Waals surface area contributed by atoms with Gasteiger partial charge >= 0.3 is 0 Å². The van der Waals surface area contributed by atoms with E-state index in [9.17, 15) is 17.6 Å². The lowest BCUT2D eigenvalue weighted by atomic mass is 9.95. The van der Waals surface area contributed by atoms with Gasteiger partial charge in [-0.2, -0.15) is 8.42 Å². The van der Waals surface area contributed by atoms with E-state index in [1.165, 1.54) is 29.8 Å². The lowest BCUT2D eigenvalue weighted by Gasteiger charge is -2.32. The highest BCUT2D eigenvalue weighted by Crippen LogP contribution is 2.34. The number of nitrogens with one attached hydrogen (secondary N) is 1. The monoisotopic (exact) mass is 455 g/mol. The molecule has 168 valence electrons. The predicted molar refractivity (Wildman–Crippen MR) is 123 cm³/mol. The van der Waals surface area contributed by atoms with Gasteiger partial charge in [-0.1, -0.05) is 42.5 Å². The van der Waals surface area contributed by atoms with Crippen LogP contribution in [0.4, 0.5) is 4.39 Å². The second kappa shape index (κ2) is 9.24. The summed E-state index contributed by atoms with van der Waals surface area (Å²) in [4.78, 5) is 14.6. The fraction of sp³-hybridized carbons (Fsp3) is 0.333. The van der Waals surface area contributed by atoms with Gasteiger partial charge in [-0.05, 0) is 49.4 Å². The number of nitrogens with zero attached hydrogens (tertiary/aromatic N) is 2. The van der Waals surface area contributed by atoms with Crippen molar-refractivity contribution in [3.63, 3.8) is 0 Å². The Hall–Kier alpha value is -3.00. The maximum atomic E-state index is 13.3. The van der Waals surface area contributed by atoms with Crippen LogP contribution in [0.1, 0.15) is 30.9 Å². The Morgan fingerprint density at radius 1 is 1.09 bits per heavy atom. The van der Waals surface area contributed by atoms with Gasteiger partial charge in [0, 0.05) is 31.1 Å². The number of hydrogen-bond acceptors (Lipinski definition) is 4. The first-order chi connectivity index (χ1) is 15.3. The van der Waals surface area contributed by atoms with Gasteiger partial charge in [0.2, 0.25) is 5.91 Å². The van der Waals surface area contributed by atoms with Gasteiger partial charge in [-0.25, -0.2) is 4.39 Å². The van der Waals surface area contributed by atoms with Crippen molar-refractivity contribution in [3.05, 3.63) is 77.1 Å². The van der Waals surface area contributed by atoms with Gasteiger partial charge in [-0.3, -0.25) is 4.79 Å². The molecule has 4 rings (SSSR count). The molecule has 6 nitrogen and oxygen atoms in total. The van der Waals surface area contributed by atoms with Gasteiger partial charge < -0.3 is 10.2 Å². The molecule has 2 aliphatic rings. The third-order valence-corrected chi connectivity index (χ3v) is 7.44. The molecule has 1 N–H and O–H groups in total. The van der Waals surface area contributed by atoms with Crippen LogP contribution in [0.5, 0.6) is 0 Å². The van der Waals surface area contributed by atoms with Gasteiger partial charge in [0.15, 0.2) is 0 Å². The fourth-order valence-electron chi connectivity index (χ4n) is 4.26. The van der Waals surface area contributed by atoms with E-state index in [2.05, 4.69) is 9.71 Å². The topological polar surface area (TPSA) is 78.8 Å². The Bertz CT molecular complexity index is 1150. The molecule has 1 amide bonds. The minimum Gasteiger partial charge on any atom is -0.356 e. The first kappa shape index (κ1) is 22.2. The summed E-state index contributed by atoms with van der Waals surface area (Å²) in [6, 6.07) is 15.4. The van der Waals surface area contributed by atoms with Crippen molar-refractivity contribution in [1.82, 2.24) is 10.2 Å². The molecule has 2 aliphatic heterocycles. The van der Waals surface area contributed by atoms with Crippen molar-refractivity contribution >= 4 is 26.7 Å². The Morgan fingerprint density at radius 2 is 1.75 bits per heavy atom. The number of likely N-dealkylation sites (tertiary alicyclic amines) is 1. The van der Waals surface area contributed by atoms with Gasteiger partial charge in [0.05, 0.1) is 0 Å². The molecular weight excluding hydrogens is 429 g/mol. The number of hydrogen-bond donors (Lipinski definition) is 1. The second-order valence-corrected chi connectivity index (χ2v) is 9.68. The minimum atomic E-state index is -3.84. The first-order valence-electron chi connectivity index (χ1n) is 10.7. The molecule has 0 bridgehead atoms. The van der Waals surface area contributed by atoms with E-state index in [-0.39, 0.29) is 16.7 Å². The number of piperidine rings is 1. The molecule has 0 saturated carbocycles. The van der Waals surface area contributed by atoms with Crippen LogP contribution in [0.15, 0.2) is 64.6 Å². The quantitative estimate of drug-likeness (QED) is 0.750. The van der Waals surface area contributed by atoms with Crippen LogP contribution >= 0.6 is 0 Å². The average Bonchev–Trinajstić information content (AvgIpc) is 3.04. The summed E-state index contributed by atoms with van der Waals surface area (Å²) in [6.07, 6.45) is 2.06. The molecule has 2 aromatic rings. The van der Waals surface area contributed by atoms with E-state index < -0.39 is 15.8 Å². The summed E-state index contributed by atoms with van der Waals surface area (Å²) < 4.78 is 42.6. The zero-order chi connectivity index (χ0) is 22.7. The molecule has 0 atom stereocenters. The maximum Gasteiger partial charge on any atom is 0.285 e. The minimum absolute atomic E-state index is 0.0424. The summed E-state index contributed by atoms with van der Waals surface area (Å²) in [6.45, 7) is 3.43. The van der Waals surface area contributed by atoms with Crippen LogP contribution < -0.4 is 5.32 Å². The number of halogens is 1. The van der Waals surface area contributed by atoms with Crippen LogP contribution in [-0.2, 0) is 21.2 Å². The number of carbonyl (C=O) groups excluding carboxylic acids is 1. The molecule has 2 heterocycles. The highest BCUT2D eigenvalue weighted by molar-refractivity contribution is 8.00. The SMILES string of the molecule is CC1=C(c2ccc(F)cc2)S(=O)(=O)N=C1N1CCC(C(=O)NCCc2ccccc2)CC1. The van der Waals surface area contributed by atoms with Crippen LogP contribution in [0.25, 0.3) is 4.91 Å². The highest BCUT2D eigenvalue weighted by atomic mass is 32.2. The largest absolute Gasteiger partial charge is 0.356 e. The van der Waals surface area contributed by atoms with Crippen LogP contribution in [0, 0.1) is 11.7 Å². The summed E-state index contributed by atoms with van der Waals surface area (Å²) in [5.74, 6) is -0.0535. The standard InChI is InChI=1S/C24H26FN3O3S/c1-17-22(19-7-9-21(25)10-8-19)32(30,31)27-23(17)28-15-12-20(13-16-28)24(29)26-14-11-18-5-3-2-4-6-18/h2-10,20H,11-16H2,1H3,(H,26,29). The third-order valence-electron chi connectivity index (χ3n) is 5.97. The molecule has 32 heavy (non-hydrogen) atoms. The molecule has 1 saturated heterocycles. The molecule has 2 aromatic carbocycles. The number of sulfonamides is 1. The van der Waals surface area contributed by atoms with Crippen LogP contribution in [0.3, 0.4) is 0 Å². The number of rotatable bonds is 5. The lowest BCUT2D eigenvalue weighted by Crippen LogP contribution is -2.43. The van der Waals surface area contributed by atoms with E-state index in [1.807, 2.05) is 35.2 Å². The van der Waals surface area contributed by atoms with Crippen molar-refractivity contribution in [2.45, 2.75) is 26.2 Å². The zero-order valence-electron chi connectivity index (χ0n) is 17.9. The molecule has 8 heteroatoms. The Morgan fingerprint density at radius 3 is 2.41 bits per heavy atom. The molecule has 0 unspecified atom stereocenters. The molecule has 0 aromatic heterocycles. The van der Waals surface area contributed by atoms with Crippen LogP contribution in [-0.4, -0.2) is 44.7 Å². The van der Waals surface area contributed by atoms with Crippen molar-refractivity contribution in [1.29, 1.82) is 0 Å². The molecule has 1 fully saturated rings. The summed E-state index contributed by atoms with van der Waals surface area (Å²) in [7, 11) is -3.84. The van der Waals surface area contributed by atoms with Gasteiger partial charge in [0.25, 0.3) is 10.0 Å². The van der Waals surface area contributed by atoms with Crippen molar-refractivity contribution in [2.75, 3.05) is 19.6 Å². The van der Waals surface area contributed by atoms with E-state index >= 15 is 0 Å². The molecular formula is C24H26FN3O3S. The lowest BCUT2D eigenvalue weighted by molar-refractivity contribution is -0.126. The summed E-state index contributed by atoms with van der Waals surface area (Å²) in [5.41, 5.74) is 2.17. The van der Waals surface area contributed by atoms with E-state index in [1.54, 1.807) is 6.92 Å². The maximum absolute atomic E-state index is 13.3. The molecule has 0 radical (unpaired) electrons. The van der Waals surface area contributed by atoms with E-state index in [0.29, 0.717) is 49.4 Å². The van der Waals surface area contributed by atoms with E-state index in [4.69, 9.17) is 0 Å². The number of amidine groups is 1. The second-order valence-electron chi connectivity index (χ2n) is 8.14. The number of benzene rings is 2. The normalized spacial score (nSPS) is 18.6. The number of amides is 1. The van der Waals surface area contributed by atoms with Crippen molar-refractivity contribution < 1.29 is 17.6 Å². The third kappa shape index (κ3) is 4.75. The fourth-order valence-corrected chi connectivity index (χ4v) is 5.74. The Labute approximate surface area is 187 Å². The predicted octanol–water partition coefficient (Wildman–Crippen LogP) is 3.37. The smallest absolute Gasteiger partial charge is 0.285 e. The highest BCUT2D eigenvalue weighted by Gasteiger charge is 2.35. The number of carbonyl (C=O) groups is 1.